The first-order valence-corrected chi connectivity index (χ1v) is 15.9. The summed E-state index contributed by atoms with van der Waals surface area (Å²) in [5, 5.41) is 0. The average molecular weight is 549 g/mol. The van der Waals surface area contributed by atoms with Crippen molar-refractivity contribution < 1.29 is 0 Å². The van der Waals surface area contributed by atoms with Crippen molar-refractivity contribution in [2.24, 2.45) is 0 Å². The Morgan fingerprint density at radius 1 is 0.590 bits per heavy atom. The predicted octanol–water partition coefficient (Wildman–Crippen LogP) is 9.95. The van der Waals surface area contributed by atoms with Crippen LogP contribution in [0.5, 0.6) is 0 Å². The van der Waals surface area contributed by atoms with Crippen LogP contribution in [0.1, 0.15) is 180 Å². The molecule has 0 spiro atoms. The van der Waals surface area contributed by atoms with Gasteiger partial charge in [0.05, 0.1) is 22.6 Å². The van der Waals surface area contributed by atoms with Crippen molar-refractivity contribution in [3.8, 4) is 0 Å². The zero-order chi connectivity index (χ0) is 29.2. The Hall–Kier alpha value is -2.14. The van der Waals surface area contributed by atoms with Gasteiger partial charge in [-0.3, -0.25) is 4.98 Å². The van der Waals surface area contributed by atoms with E-state index in [-0.39, 0.29) is 11.8 Å². The maximum atomic E-state index is 5.32. The molecule has 0 aromatic carbocycles. The van der Waals surface area contributed by atoms with Crippen molar-refractivity contribution >= 4 is 11.3 Å². The first-order chi connectivity index (χ1) is 18.2. The molecule has 3 aromatic rings. The topological polar surface area (TPSA) is 51.6 Å². The van der Waals surface area contributed by atoms with E-state index in [9.17, 15) is 0 Å². The molecule has 3 rings (SSSR count). The van der Waals surface area contributed by atoms with Gasteiger partial charge in [0.1, 0.15) is 5.82 Å². The van der Waals surface area contributed by atoms with Gasteiger partial charge in [0, 0.05) is 34.5 Å². The Morgan fingerprint density at radius 2 is 1.13 bits per heavy atom. The molecule has 2 unspecified atom stereocenters. The molecule has 0 saturated carbocycles. The van der Waals surface area contributed by atoms with Crippen LogP contribution in [-0.4, -0.2) is 19.9 Å². The summed E-state index contributed by atoms with van der Waals surface area (Å²) in [6.45, 7) is 29.5. The molecular weight excluding hydrogens is 496 g/mol. The van der Waals surface area contributed by atoms with Crippen molar-refractivity contribution in [1.29, 1.82) is 0 Å². The number of thiazole rings is 1. The molecule has 3 heterocycles. The lowest BCUT2D eigenvalue weighted by molar-refractivity contribution is 0.618. The molecule has 4 nitrogen and oxygen atoms in total. The molecule has 39 heavy (non-hydrogen) atoms. The second-order valence-corrected chi connectivity index (χ2v) is 14.0. The van der Waals surface area contributed by atoms with Crippen LogP contribution in [0.2, 0.25) is 0 Å². The number of aryl methyl sites for hydroxylation is 1. The van der Waals surface area contributed by atoms with Gasteiger partial charge in [-0.2, -0.15) is 0 Å². The van der Waals surface area contributed by atoms with Crippen molar-refractivity contribution in [3.63, 3.8) is 0 Å². The molecule has 214 valence electrons. The van der Waals surface area contributed by atoms with Gasteiger partial charge >= 0.3 is 0 Å². The van der Waals surface area contributed by atoms with Crippen LogP contribution in [0.25, 0.3) is 0 Å². The lowest BCUT2D eigenvalue weighted by Gasteiger charge is -2.25. The second-order valence-electron chi connectivity index (χ2n) is 13.1. The zero-order valence-electron chi connectivity index (χ0n) is 26.8. The monoisotopic (exact) mass is 548 g/mol. The van der Waals surface area contributed by atoms with Gasteiger partial charge in [0.25, 0.3) is 0 Å². The highest BCUT2D eigenvalue weighted by atomic mass is 32.1. The third kappa shape index (κ3) is 7.14. The van der Waals surface area contributed by atoms with Crippen molar-refractivity contribution in [2.45, 2.75) is 144 Å². The summed E-state index contributed by atoms with van der Waals surface area (Å²) in [5.41, 5.74) is 12.1. The molecule has 0 N–H and O–H groups in total. The molecule has 0 amide bonds. The summed E-state index contributed by atoms with van der Waals surface area (Å²) >= 11 is 1.77. The number of hydrogen-bond donors (Lipinski definition) is 0. The van der Waals surface area contributed by atoms with Crippen LogP contribution in [0, 0.1) is 6.92 Å². The highest BCUT2D eigenvalue weighted by Crippen LogP contribution is 2.36. The van der Waals surface area contributed by atoms with Gasteiger partial charge in [-0.05, 0) is 65.7 Å². The van der Waals surface area contributed by atoms with E-state index in [1.54, 1.807) is 11.3 Å². The van der Waals surface area contributed by atoms with Gasteiger partial charge in [-0.25, -0.2) is 15.0 Å². The van der Waals surface area contributed by atoms with Gasteiger partial charge in [-0.1, -0.05) is 83.1 Å². The van der Waals surface area contributed by atoms with Crippen molar-refractivity contribution in [2.75, 3.05) is 0 Å². The molecular formula is C34H52N4S. The maximum Gasteiger partial charge on any atom is 0.129 e. The van der Waals surface area contributed by atoms with E-state index in [2.05, 4.69) is 96.1 Å². The summed E-state index contributed by atoms with van der Waals surface area (Å²) in [4.78, 5) is 21.9. The van der Waals surface area contributed by atoms with E-state index in [1.165, 1.54) is 50.0 Å². The van der Waals surface area contributed by atoms with Crippen LogP contribution >= 0.6 is 11.3 Å². The van der Waals surface area contributed by atoms with Crippen LogP contribution < -0.4 is 0 Å². The Kier molecular flexibility index (Phi) is 10.5. The van der Waals surface area contributed by atoms with Gasteiger partial charge in [-0.15, -0.1) is 11.3 Å². The van der Waals surface area contributed by atoms with E-state index in [0.29, 0.717) is 29.6 Å². The molecule has 5 heteroatoms. The molecule has 2 atom stereocenters. The third-order valence-corrected chi connectivity index (χ3v) is 8.88. The number of nitrogens with zero attached hydrogens (tertiary/aromatic N) is 4. The minimum absolute atomic E-state index is 0.249. The Balaban J connectivity index is 2.06. The minimum atomic E-state index is 0.249. The van der Waals surface area contributed by atoms with E-state index in [4.69, 9.17) is 19.9 Å². The Labute approximate surface area is 242 Å². The molecule has 3 aromatic heterocycles. The maximum absolute atomic E-state index is 5.32. The number of pyridine rings is 1. The molecule has 0 aliphatic carbocycles. The largest absolute Gasteiger partial charge is 0.257 e. The summed E-state index contributed by atoms with van der Waals surface area (Å²) in [5.74, 6) is 3.54. The van der Waals surface area contributed by atoms with E-state index in [1.807, 2.05) is 5.51 Å². The fourth-order valence-electron chi connectivity index (χ4n) is 5.97. The van der Waals surface area contributed by atoms with Gasteiger partial charge in [0.2, 0.25) is 0 Å². The highest BCUT2D eigenvalue weighted by molar-refractivity contribution is 7.09. The average Bonchev–Trinajstić information content (AvgIpc) is 3.33. The molecule has 0 radical (unpaired) electrons. The van der Waals surface area contributed by atoms with Gasteiger partial charge < -0.3 is 0 Å². The smallest absolute Gasteiger partial charge is 0.129 e. The Morgan fingerprint density at radius 3 is 1.67 bits per heavy atom. The standard InChI is InChI=1S/C34H52N4S/c1-18(2)28-23(11)14-26(36-30(28)20(5)6)15-24(12)32-29(19(3)4)31(21(7)8)37-27(38-32)16-25(13)33-34(22(9)10)39-17-35-33/h14,17-22,24-25H,15-16H2,1-13H3. The van der Waals surface area contributed by atoms with Crippen LogP contribution in [0.3, 0.4) is 0 Å². The van der Waals surface area contributed by atoms with E-state index in [0.717, 1.165) is 18.7 Å². The quantitative estimate of drug-likeness (QED) is 0.239. The SMILES string of the molecule is Cc1cc(CC(C)c2nc(CC(C)c3ncsc3C(C)C)nc(C(C)C)c2C(C)C)nc(C(C)C)c1C(C)C. The molecule has 0 fully saturated rings. The number of rotatable bonds is 11. The molecule has 0 aliphatic rings. The number of aromatic nitrogens is 4. The third-order valence-electron chi connectivity index (χ3n) is 7.73. The Bertz CT molecular complexity index is 1250. The molecule has 0 saturated heterocycles. The first-order valence-electron chi connectivity index (χ1n) is 15.1. The first kappa shape index (κ1) is 31.4. The minimum Gasteiger partial charge on any atom is -0.257 e. The summed E-state index contributed by atoms with van der Waals surface area (Å²) < 4.78 is 0. The fraction of sp³-hybridized carbons (Fsp3) is 0.647. The van der Waals surface area contributed by atoms with E-state index >= 15 is 0 Å². The van der Waals surface area contributed by atoms with Crippen LogP contribution in [0.15, 0.2) is 11.6 Å². The fourth-order valence-corrected chi connectivity index (χ4v) is 6.90. The van der Waals surface area contributed by atoms with E-state index < -0.39 is 0 Å². The summed E-state index contributed by atoms with van der Waals surface area (Å²) in [6, 6.07) is 2.32. The van der Waals surface area contributed by atoms with Crippen LogP contribution in [0.4, 0.5) is 0 Å². The molecule has 0 aliphatic heterocycles. The van der Waals surface area contributed by atoms with Crippen LogP contribution in [-0.2, 0) is 12.8 Å². The summed E-state index contributed by atoms with van der Waals surface area (Å²) in [7, 11) is 0. The van der Waals surface area contributed by atoms with Gasteiger partial charge in [0.15, 0.2) is 0 Å². The lowest BCUT2D eigenvalue weighted by atomic mass is 9.86. The normalized spacial score (nSPS) is 13.9. The van der Waals surface area contributed by atoms with Crippen molar-refractivity contribution in [3.05, 3.63) is 67.4 Å². The zero-order valence-corrected chi connectivity index (χ0v) is 27.6. The second kappa shape index (κ2) is 13.0. The predicted molar refractivity (Wildman–Crippen MR) is 168 cm³/mol. The summed E-state index contributed by atoms with van der Waals surface area (Å²) in [6.07, 6.45) is 1.69. The highest BCUT2D eigenvalue weighted by Gasteiger charge is 2.26. The van der Waals surface area contributed by atoms with Crippen molar-refractivity contribution in [1.82, 2.24) is 19.9 Å². The number of hydrogen-bond acceptors (Lipinski definition) is 5. The molecule has 0 bridgehead atoms. The lowest BCUT2D eigenvalue weighted by Crippen LogP contribution is -2.17.